The first kappa shape index (κ1) is 6.46. The van der Waals surface area contributed by atoms with Gasteiger partial charge in [0.1, 0.15) is 12.0 Å². The Balaban J connectivity index is 2.22. The first-order valence-corrected chi connectivity index (χ1v) is 3.68. The maximum absolute atomic E-state index is 11.3. The predicted molar refractivity (Wildman–Crippen MR) is 39.1 cm³/mol. The molecule has 3 heteroatoms. The fourth-order valence-corrected chi connectivity index (χ4v) is 0.991. The fourth-order valence-electron chi connectivity index (χ4n) is 0.991. The van der Waals surface area contributed by atoms with E-state index in [2.05, 4.69) is 9.97 Å². The van der Waals surface area contributed by atoms with Gasteiger partial charge in [-0.1, -0.05) is 0 Å². The van der Waals surface area contributed by atoms with Crippen LogP contribution in [0.2, 0.25) is 0 Å². The van der Waals surface area contributed by atoms with E-state index in [1.165, 1.54) is 6.33 Å². The van der Waals surface area contributed by atoms with Crippen molar-refractivity contribution in [2.24, 2.45) is 5.92 Å². The Morgan fingerprint density at radius 2 is 2.36 bits per heavy atom. The summed E-state index contributed by atoms with van der Waals surface area (Å²) < 4.78 is 0. The lowest BCUT2D eigenvalue weighted by Crippen LogP contribution is -2.03. The number of rotatable bonds is 2. The van der Waals surface area contributed by atoms with Gasteiger partial charge < -0.3 is 0 Å². The first-order chi connectivity index (χ1) is 5.38. The molecule has 0 atom stereocenters. The number of nitrogens with zero attached hydrogens (tertiary/aromatic N) is 2. The highest BCUT2D eigenvalue weighted by atomic mass is 16.1. The Hall–Kier alpha value is -1.25. The molecule has 0 spiro atoms. The van der Waals surface area contributed by atoms with E-state index < -0.39 is 0 Å². The number of Topliss-reactive ketones (excluding diaryl/α,β-unsaturated/α-hetero) is 1. The van der Waals surface area contributed by atoms with Gasteiger partial charge in [-0.2, -0.15) is 0 Å². The lowest BCUT2D eigenvalue weighted by molar-refractivity contribution is 0.0962. The summed E-state index contributed by atoms with van der Waals surface area (Å²) in [6.07, 6.45) is 5.07. The molecule has 0 amide bonds. The normalized spacial score (nSPS) is 16.4. The van der Waals surface area contributed by atoms with Gasteiger partial charge in [0.2, 0.25) is 0 Å². The van der Waals surface area contributed by atoms with Gasteiger partial charge in [0, 0.05) is 12.1 Å². The van der Waals surface area contributed by atoms with Crippen LogP contribution < -0.4 is 0 Å². The molecule has 3 nitrogen and oxygen atoms in total. The fraction of sp³-hybridized carbons (Fsp3) is 0.375. The minimum absolute atomic E-state index is 0.174. The van der Waals surface area contributed by atoms with E-state index in [1.54, 1.807) is 12.3 Å². The monoisotopic (exact) mass is 148 g/mol. The summed E-state index contributed by atoms with van der Waals surface area (Å²) in [5.41, 5.74) is 0.558. The topological polar surface area (TPSA) is 42.9 Å². The predicted octanol–water partition coefficient (Wildman–Crippen LogP) is 1.07. The number of ketones is 1. The molecule has 0 N–H and O–H groups in total. The SMILES string of the molecule is O=C(c1ccncn1)C1CC1. The number of aromatic nitrogens is 2. The van der Waals surface area contributed by atoms with E-state index in [-0.39, 0.29) is 11.7 Å². The lowest BCUT2D eigenvalue weighted by atomic mass is 10.2. The average Bonchev–Trinajstić information content (AvgIpc) is 2.87. The number of carbonyl (C=O) groups is 1. The van der Waals surface area contributed by atoms with Crippen LogP contribution in [-0.4, -0.2) is 15.8 Å². The van der Waals surface area contributed by atoms with Gasteiger partial charge in [-0.15, -0.1) is 0 Å². The molecule has 0 bridgehead atoms. The summed E-state index contributed by atoms with van der Waals surface area (Å²) in [4.78, 5) is 18.9. The Bertz CT molecular complexity index is 267. The highest BCUT2D eigenvalue weighted by molar-refractivity contribution is 5.97. The van der Waals surface area contributed by atoms with Crippen LogP contribution in [0.3, 0.4) is 0 Å². The van der Waals surface area contributed by atoms with E-state index in [9.17, 15) is 4.79 Å². The van der Waals surface area contributed by atoms with Crippen LogP contribution in [-0.2, 0) is 0 Å². The molecule has 2 rings (SSSR count). The zero-order valence-electron chi connectivity index (χ0n) is 6.03. The standard InChI is InChI=1S/C8H8N2O/c11-8(6-1-2-6)7-3-4-9-5-10-7/h3-6H,1-2H2. The molecule has 1 heterocycles. The van der Waals surface area contributed by atoms with Crippen molar-refractivity contribution in [3.05, 3.63) is 24.3 Å². The summed E-state index contributed by atoms with van der Waals surface area (Å²) in [7, 11) is 0. The summed E-state index contributed by atoms with van der Waals surface area (Å²) in [5, 5.41) is 0. The van der Waals surface area contributed by atoms with Gasteiger partial charge >= 0.3 is 0 Å². The molecule has 1 aliphatic rings. The molecule has 11 heavy (non-hydrogen) atoms. The van der Waals surface area contributed by atoms with Crippen LogP contribution in [0.15, 0.2) is 18.6 Å². The lowest BCUT2D eigenvalue weighted by Gasteiger charge is -1.93. The summed E-state index contributed by atoms with van der Waals surface area (Å²) >= 11 is 0. The van der Waals surface area contributed by atoms with Crippen molar-refractivity contribution in [3.8, 4) is 0 Å². The third-order valence-corrected chi connectivity index (χ3v) is 1.78. The molecule has 0 saturated heterocycles. The van der Waals surface area contributed by atoms with Crippen molar-refractivity contribution in [1.29, 1.82) is 0 Å². The van der Waals surface area contributed by atoms with Crippen molar-refractivity contribution >= 4 is 5.78 Å². The van der Waals surface area contributed by atoms with Crippen LogP contribution in [0, 0.1) is 5.92 Å². The zero-order valence-corrected chi connectivity index (χ0v) is 6.03. The molecule has 1 fully saturated rings. The minimum atomic E-state index is 0.174. The molecule has 56 valence electrons. The highest BCUT2D eigenvalue weighted by Gasteiger charge is 2.30. The number of hydrogen-bond acceptors (Lipinski definition) is 3. The first-order valence-electron chi connectivity index (χ1n) is 3.68. The molecule has 0 radical (unpaired) electrons. The van der Waals surface area contributed by atoms with Crippen LogP contribution in [0.1, 0.15) is 23.3 Å². The molecular formula is C8H8N2O. The molecule has 1 aromatic heterocycles. The summed E-state index contributed by atoms with van der Waals surface area (Å²) in [6, 6.07) is 1.67. The third kappa shape index (κ3) is 1.27. The van der Waals surface area contributed by atoms with Crippen LogP contribution in [0.4, 0.5) is 0 Å². The largest absolute Gasteiger partial charge is 0.292 e. The smallest absolute Gasteiger partial charge is 0.184 e. The highest BCUT2D eigenvalue weighted by Crippen LogP contribution is 2.31. The van der Waals surface area contributed by atoms with Gasteiger partial charge in [-0.05, 0) is 18.9 Å². The van der Waals surface area contributed by atoms with Crippen molar-refractivity contribution in [3.63, 3.8) is 0 Å². The Labute approximate surface area is 64.5 Å². The van der Waals surface area contributed by atoms with Gasteiger partial charge in [0.05, 0.1) is 0 Å². The van der Waals surface area contributed by atoms with Gasteiger partial charge in [0.15, 0.2) is 5.78 Å². The average molecular weight is 148 g/mol. The Morgan fingerprint density at radius 1 is 1.55 bits per heavy atom. The molecule has 0 aliphatic heterocycles. The summed E-state index contributed by atoms with van der Waals surface area (Å²) in [6.45, 7) is 0. The third-order valence-electron chi connectivity index (χ3n) is 1.78. The maximum atomic E-state index is 11.3. The van der Waals surface area contributed by atoms with E-state index in [0.29, 0.717) is 5.69 Å². The van der Waals surface area contributed by atoms with Crippen molar-refractivity contribution in [2.45, 2.75) is 12.8 Å². The van der Waals surface area contributed by atoms with E-state index >= 15 is 0 Å². The van der Waals surface area contributed by atoms with Crippen molar-refractivity contribution in [1.82, 2.24) is 9.97 Å². The van der Waals surface area contributed by atoms with Crippen molar-refractivity contribution in [2.75, 3.05) is 0 Å². The minimum Gasteiger partial charge on any atom is -0.292 e. The van der Waals surface area contributed by atoms with Crippen LogP contribution in [0.5, 0.6) is 0 Å². The van der Waals surface area contributed by atoms with E-state index in [1.807, 2.05) is 0 Å². The van der Waals surface area contributed by atoms with Gasteiger partial charge in [-0.25, -0.2) is 9.97 Å². The van der Waals surface area contributed by atoms with Crippen LogP contribution in [0.25, 0.3) is 0 Å². The Kier molecular flexibility index (Phi) is 1.42. The second kappa shape index (κ2) is 2.42. The van der Waals surface area contributed by atoms with Gasteiger partial charge in [-0.3, -0.25) is 4.79 Å². The number of carbonyl (C=O) groups excluding carboxylic acids is 1. The Morgan fingerprint density at radius 3 is 2.91 bits per heavy atom. The number of hydrogen-bond donors (Lipinski definition) is 0. The second-order valence-electron chi connectivity index (χ2n) is 2.73. The quantitative estimate of drug-likeness (QED) is 0.589. The summed E-state index contributed by atoms with van der Waals surface area (Å²) in [5.74, 6) is 0.428. The second-order valence-corrected chi connectivity index (χ2v) is 2.73. The molecular weight excluding hydrogens is 140 g/mol. The molecule has 1 aliphatic carbocycles. The molecule has 0 aromatic carbocycles. The van der Waals surface area contributed by atoms with Gasteiger partial charge in [0.25, 0.3) is 0 Å². The van der Waals surface area contributed by atoms with Crippen LogP contribution >= 0.6 is 0 Å². The van der Waals surface area contributed by atoms with E-state index in [4.69, 9.17) is 0 Å². The molecule has 1 aromatic rings. The van der Waals surface area contributed by atoms with E-state index in [0.717, 1.165) is 12.8 Å². The molecule has 1 saturated carbocycles. The maximum Gasteiger partial charge on any atom is 0.184 e. The van der Waals surface area contributed by atoms with Crippen molar-refractivity contribution < 1.29 is 4.79 Å². The zero-order chi connectivity index (χ0) is 7.68. The molecule has 0 unspecified atom stereocenters.